The molecule has 0 radical (unpaired) electrons. The Hall–Kier alpha value is -2.25. The molecule has 27 heavy (non-hydrogen) atoms. The number of amides is 1. The third-order valence-electron chi connectivity index (χ3n) is 4.02. The van der Waals surface area contributed by atoms with Gasteiger partial charge in [0, 0.05) is 11.6 Å². The molecule has 0 unspecified atom stereocenters. The van der Waals surface area contributed by atoms with E-state index in [1.54, 1.807) is 12.1 Å². The number of sulfonamides is 1. The summed E-state index contributed by atoms with van der Waals surface area (Å²) >= 11 is 6.03. The number of carbonyl (C=O) groups is 1. The number of halogens is 1. The maximum atomic E-state index is 12.7. The second-order valence-electron chi connectivity index (χ2n) is 6.26. The molecular formula is C19H23ClN2O4S. The van der Waals surface area contributed by atoms with Gasteiger partial charge in [-0.15, -0.1) is 0 Å². The van der Waals surface area contributed by atoms with Crippen molar-refractivity contribution in [2.24, 2.45) is 0 Å². The van der Waals surface area contributed by atoms with Crippen molar-refractivity contribution in [3.8, 4) is 5.75 Å². The maximum absolute atomic E-state index is 12.7. The Kier molecular flexibility index (Phi) is 6.73. The first-order chi connectivity index (χ1) is 12.6. The van der Waals surface area contributed by atoms with Gasteiger partial charge in [0.25, 0.3) is 0 Å². The summed E-state index contributed by atoms with van der Waals surface area (Å²) in [4.78, 5) is 12.7. The van der Waals surface area contributed by atoms with Crippen molar-refractivity contribution in [3.05, 3.63) is 58.6 Å². The van der Waals surface area contributed by atoms with E-state index in [1.807, 2.05) is 31.2 Å². The zero-order valence-electron chi connectivity index (χ0n) is 15.7. The SMILES string of the molecule is COc1ccc(Cl)cc1N([C@H](C)C(=O)NCc1cccc(C)c1)S(C)(=O)=O. The van der Waals surface area contributed by atoms with E-state index < -0.39 is 22.0 Å². The lowest BCUT2D eigenvalue weighted by Crippen LogP contribution is -2.47. The van der Waals surface area contributed by atoms with Gasteiger partial charge in [0.15, 0.2) is 0 Å². The minimum absolute atomic E-state index is 0.214. The average molecular weight is 411 g/mol. The highest BCUT2D eigenvalue weighted by Crippen LogP contribution is 2.34. The van der Waals surface area contributed by atoms with Crippen molar-refractivity contribution in [2.45, 2.75) is 26.4 Å². The van der Waals surface area contributed by atoms with E-state index in [-0.39, 0.29) is 5.69 Å². The Morgan fingerprint density at radius 1 is 1.26 bits per heavy atom. The van der Waals surface area contributed by atoms with Crippen LogP contribution in [0.4, 0.5) is 5.69 Å². The van der Waals surface area contributed by atoms with Crippen molar-refractivity contribution in [3.63, 3.8) is 0 Å². The third kappa shape index (κ3) is 5.37. The topological polar surface area (TPSA) is 75.7 Å². The van der Waals surface area contributed by atoms with Crippen molar-refractivity contribution >= 4 is 33.2 Å². The van der Waals surface area contributed by atoms with Gasteiger partial charge in [0.1, 0.15) is 11.8 Å². The third-order valence-corrected chi connectivity index (χ3v) is 5.48. The molecule has 6 nitrogen and oxygen atoms in total. The van der Waals surface area contributed by atoms with Crippen LogP contribution in [-0.4, -0.2) is 33.7 Å². The van der Waals surface area contributed by atoms with E-state index in [9.17, 15) is 13.2 Å². The number of carbonyl (C=O) groups excluding carboxylic acids is 1. The summed E-state index contributed by atoms with van der Waals surface area (Å²) in [6.07, 6.45) is 1.04. The summed E-state index contributed by atoms with van der Waals surface area (Å²) < 4.78 is 31.1. The molecule has 0 spiro atoms. The molecule has 1 N–H and O–H groups in total. The number of benzene rings is 2. The van der Waals surface area contributed by atoms with E-state index in [0.29, 0.717) is 17.3 Å². The molecule has 0 bridgehead atoms. The number of methoxy groups -OCH3 is 1. The number of rotatable bonds is 7. The lowest BCUT2D eigenvalue weighted by molar-refractivity contribution is -0.122. The molecule has 146 valence electrons. The van der Waals surface area contributed by atoms with E-state index in [0.717, 1.165) is 21.7 Å². The Labute approximate surface area is 165 Å². The van der Waals surface area contributed by atoms with Crippen LogP contribution in [0, 0.1) is 6.92 Å². The summed E-state index contributed by atoms with van der Waals surface area (Å²) in [5.41, 5.74) is 2.23. The number of nitrogens with one attached hydrogen (secondary N) is 1. The van der Waals surface area contributed by atoms with Crippen LogP contribution in [0.2, 0.25) is 5.02 Å². The first-order valence-electron chi connectivity index (χ1n) is 8.29. The number of hydrogen-bond donors (Lipinski definition) is 1. The van der Waals surface area contributed by atoms with Gasteiger partial charge in [-0.1, -0.05) is 41.4 Å². The molecular weight excluding hydrogens is 388 g/mol. The summed E-state index contributed by atoms with van der Waals surface area (Å²) in [5, 5.41) is 3.12. The van der Waals surface area contributed by atoms with Crippen LogP contribution < -0.4 is 14.4 Å². The normalized spacial score (nSPS) is 12.3. The van der Waals surface area contributed by atoms with Crippen molar-refractivity contribution in [1.29, 1.82) is 0 Å². The van der Waals surface area contributed by atoms with Crippen molar-refractivity contribution in [1.82, 2.24) is 5.32 Å². The standard InChI is InChI=1S/C19H23ClN2O4S/c1-13-6-5-7-15(10-13)12-21-19(23)14(2)22(27(4,24)25)17-11-16(20)8-9-18(17)26-3/h5-11,14H,12H2,1-4H3,(H,21,23)/t14-/m1/s1. The summed E-state index contributed by atoms with van der Waals surface area (Å²) in [6.45, 7) is 3.78. The fourth-order valence-electron chi connectivity index (χ4n) is 2.78. The molecule has 0 saturated carbocycles. The van der Waals surface area contributed by atoms with Crippen LogP contribution in [0.1, 0.15) is 18.1 Å². The fraction of sp³-hybridized carbons (Fsp3) is 0.316. The van der Waals surface area contributed by atoms with Gasteiger partial charge in [0.2, 0.25) is 15.9 Å². The van der Waals surface area contributed by atoms with E-state index in [1.165, 1.54) is 20.1 Å². The molecule has 2 aromatic carbocycles. The molecule has 0 aliphatic heterocycles. The lowest BCUT2D eigenvalue weighted by Gasteiger charge is -2.29. The van der Waals surface area contributed by atoms with Crippen LogP contribution in [0.25, 0.3) is 0 Å². The number of ether oxygens (including phenoxy) is 1. The second kappa shape index (κ2) is 8.63. The van der Waals surface area contributed by atoms with Crippen LogP contribution >= 0.6 is 11.6 Å². The van der Waals surface area contributed by atoms with Crippen molar-refractivity contribution in [2.75, 3.05) is 17.7 Å². The zero-order chi connectivity index (χ0) is 20.2. The molecule has 0 fully saturated rings. The summed E-state index contributed by atoms with van der Waals surface area (Å²) in [7, 11) is -2.34. The lowest BCUT2D eigenvalue weighted by atomic mass is 10.1. The van der Waals surface area contributed by atoms with Gasteiger partial charge in [-0.3, -0.25) is 9.10 Å². The number of hydrogen-bond acceptors (Lipinski definition) is 4. The Balaban J connectivity index is 2.29. The Morgan fingerprint density at radius 2 is 1.96 bits per heavy atom. The van der Waals surface area contributed by atoms with Crippen LogP contribution in [0.15, 0.2) is 42.5 Å². The molecule has 0 heterocycles. The van der Waals surface area contributed by atoms with Gasteiger partial charge in [-0.2, -0.15) is 0 Å². The molecule has 0 aromatic heterocycles. The molecule has 8 heteroatoms. The van der Waals surface area contributed by atoms with Gasteiger partial charge in [-0.25, -0.2) is 8.42 Å². The number of anilines is 1. The first kappa shape index (κ1) is 21.1. The number of aryl methyl sites for hydroxylation is 1. The van der Waals surface area contributed by atoms with Crippen LogP contribution in [-0.2, 0) is 21.4 Å². The summed E-state index contributed by atoms with van der Waals surface area (Å²) in [6, 6.07) is 11.3. The number of nitrogens with zero attached hydrogens (tertiary/aromatic N) is 1. The van der Waals surface area contributed by atoms with E-state index in [4.69, 9.17) is 16.3 Å². The van der Waals surface area contributed by atoms with Gasteiger partial charge in [-0.05, 0) is 37.6 Å². The minimum Gasteiger partial charge on any atom is -0.495 e. The summed E-state index contributed by atoms with van der Waals surface area (Å²) in [5.74, 6) is -0.118. The molecule has 2 aromatic rings. The highest BCUT2D eigenvalue weighted by Gasteiger charge is 2.31. The predicted molar refractivity (Wildman–Crippen MR) is 108 cm³/mol. The molecule has 0 aliphatic rings. The Bertz CT molecular complexity index is 931. The molecule has 0 saturated heterocycles. The molecule has 1 amide bonds. The van der Waals surface area contributed by atoms with Crippen LogP contribution in [0.3, 0.4) is 0 Å². The largest absolute Gasteiger partial charge is 0.495 e. The molecule has 0 aliphatic carbocycles. The average Bonchev–Trinajstić information content (AvgIpc) is 2.59. The fourth-order valence-corrected chi connectivity index (χ4v) is 4.11. The zero-order valence-corrected chi connectivity index (χ0v) is 17.3. The minimum atomic E-state index is -3.77. The van der Waals surface area contributed by atoms with Gasteiger partial charge in [0.05, 0.1) is 19.1 Å². The first-order valence-corrected chi connectivity index (χ1v) is 10.5. The highest BCUT2D eigenvalue weighted by atomic mass is 35.5. The molecule has 2 rings (SSSR count). The van der Waals surface area contributed by atoms with E-state index in [2.05, 4.69) is 5.32 Å². The van der Waals surface area contributed by atoms with E-state index >= 15 is 0 Å². The quantitative estimate of drug-likeness (QED) is 0.760. The monoisotopic (exact) mass is 410 g/mol. The maximum Gasteiger partial charge on any atom is 0.243 e. The highest BCUT2D eigenvalue weighted by molar-refractivity contribution is 7.92. The Morgan fingerprint density at radius 3 is 2.56 bits per heavy atom. The second-order valence-corrected chi connectivity index (χ2v) is 8.55. The smallest absolute Gasteiger partial charge is 0.243 e. The van der Waals surface area contributed by atoms with Crippen LogP contribution in [0.5, 0.6) is 5.75 Å². The van der Waals surface area contributed by atoms with Gasteiger partial charge >= 0.3 is 0 Å². The molecule has 1 atom stereocenters. The van der Waals surface area contributed by atoms with Crippen molar-refractivity contribution < 1.29 is 17.9 Å². The predicted octanol–water partition coefficient (Wildman–Crippen LogP) is 3.13. The van der Waals surface area contributed by atoms with Gasteiger partial charge < -0.3 is 10.1 Å².